The Kier molecular flexibility index (Phi) is 8.43. The molecule has 2 rings (SSSR count). The van der Waals surface area contributed by atoms with E-state index in [1.165, 1.54) is 21.3 Å². The lowest BCUT2D eigenvalue weighted by Gasteiger charge is -2.20. The molecule has 0 fully saturated rings. The van der Waals surface area contributed by atoms with Crippen molar-refractivity contribution < 1.29 is 28.6 Å². The number of nitrogens with one attached hydrogen (secondary N) is 2. The summed E-state index contributed by atoms with van der Waals surface area (Å²) in [5, 5.41) is 5.36. The molecule has 0 saturated carbocycles. The Bertz CT molecular complexity index is 957. The van der Waals surface area contributed by atoms with E-state index in [-0.39, 0.29) is 18.9 Å². The smallest absolute Gasteiger partial charge is 0.307 e. The van der Waals surface area contributed by atoms with Crippen LogP contribution in [0.1, 0.15) is 39.5 Å². The van der Waals surface area contributed by atoms with E-state index >= 15 is 0 Å². The molecule has 2 amide bonds. The van der Waals surface area contributed by atoms with Gasteiger partial charge in [0, 0.05) is 5.56 Å². The fraction of sp³-hybridized carbons (Fsp3) is 0.348. The summed E-state index contributed by atoms with van der Waals surface area (Å²) >= 11 is 0. The Morgan fingerprint density at radius 1 is 0.903 bits per heavy atom. The van der Waals surface area contributed by atoms with Crippen molar-refractivity contribution in [3.8, 4) is 11.5 Å². The number of ether oxygens (including phenoxy) is 3. The van der Waals surface area contributed by atoms with E-state index < -0.39 is 17.9 Å². The summed E-state index contributed by atoms with van der Waals surface area (Å²) in [7, 11) is 4.29. The first-order valence-electron chi connectivity index (χ1n) is 9.72. The number of rotatable bonds is 9. The van der Waals surface area contributed by atoms with Gasteiger partial charge in [-0.2, -0.15) is 0 Å². The molecule has 0 spiro atoms. The fourth-order valence-corrected chi connectivity index (χ4v) is 2.96. The predicted octanol–water partition coefficient (Wildman–Crippen LogP) is 2.47. The average Bonchev–Trinajstić information content (AvgIpc) is 2.78. The highest BCUT2D eigenvalue weighted by molar-refractivity contribution is 5.96. The van der Waals surface area contributed by atoms with Crippen LogP contribution in [0.2, 0.25) is 0 Å². The molecule has 2 aromatic carbocycles. The molecule has 31 heavy (non-hydrogen) atoms. The molecule has 0 aromatic heterocycles. The monoisotopic (exact) mass is 428 g/mol. The molecule has 0 bridgehead atoms. The normalized spacial score (nSPS) is 11.3. The SMILES string of the molecule is COC(=O)C[C@@H](NC(=O)CNC(=O)c1ccc(C)c(C)c1)c1ccc(OC)c(OC)c1. The predicted molar refractivity (Wildman–Crippen MR) is 115 cm³/mol. The van der Waals surface area contributed by atoms with Crippen LogP contribution in [0.25, 0.3) is 0 Å². The lowest BCUT2D eigenvalue weighted by molar-refractivity contribution is -0.141. The van der Waals surface area contributed by atoms with Gasteiger partial charge in [-0.25, -0.2) is 0 Å². The quantitative estimate of drug-likeness (QED) is 0.595. The third-order valence-electron chi connectivity index (χ3n) is 4.92. The van der Waals surface area contributed by atoms with Gasteiger partial charge >= 0.3 is 5.97 Å². The summed E-state index contributed by atoms with van der Waals surface area (Å²) < 4.78 is 15.3. The Morgan fingerprint density at radius 2 is 1.61 bits per heavy atom. The summed E-state index contributed by atoms with van der Waals surface area (Å²) in [5.41, 5.74) is 3.18. The highest BCUT2D eigenvalue weighted by Crippen LogP contribution is 2.31. The van der Waals surface area contributed by atoms with Crippen molar-refractivity contribution in [1.82, 2.24) is 10.6 Å². The zero-order valence-electron chi connectivity index (χ0n) is 18.4. The third-order valence-corrected chi connectivity index (χ3v) is 4.92. The second-order valence-corrected chi connectivity index (χ2v) is 7.00. The number of carbonyl (C=O) groups is 3. The molecular weight excluding hydrogens is 400 g/mol. The number of hydrogen-bond donors (Lipinski definition) is 2. The van der Waals surface area contributed by atoms with Crippen molar-refractivity contribution in [3.63, 3.8) is 0 Å². The number of aryl methyl sites for hydroxylation is 2. The van der Waals surface area contributed by atoms with E-state index in [2.05, 4.69) is 10.6 Å². The molecule has 0 unspecified atom stereocenters. The van der Waals surface area contributed by atoms with Crippen LogP contribution >= 0.6 is 0 Å². The first-order chi connectivity index (χ1) is 14.8. The van der Waals surface area contributed by atoms with Crippen molar-refractivity contribution in [1.29, 1.82) is 0 Å². The standard InChI is InChI=1S/C23H28N2O6/c1-14-6-7-17(10-15(14)2)23(28)24-13-21(26)25-18(12-22(27)31-5)16-8-9-19(29-3)20(11-16)30-4/h6-11,18H,12-13H2,1-5H3,(H,24,28)(H,25,26)/t18-/m1/s1. The largest absolute Gasteiger partial charge is 0.493 e. The van der Waals surface area contributed by atoms with Crippen LogP contribution in [0.5, 0.6) is 11.5 Å². The van der Waals surface area contributed by atoms with Gasteiger partial charge in [0.25, 0.3) is 5.91 Å². The number of hydrogen-bond acceptors (Lipinski definition) is 6. The lowest BCUT2D eigenvalue weighted by Crippen LogP contribution is -2.39. The number of carbonyl (C=O) groups excluding carboxylic acids is 3. The summed E-state index contributed by atoms with van der Waals surface area (Å²) in [6.45, 7) is 3.64. The topological polar surface area (TPSA) is 103 Å². The Morgan fingerprint density at radius 3 is 2.23 bits per heavy atom. The zero-order chi connectivity index (χ0) is 23.0. The molecule has 0 heterocycles. The van der Waals surface area contributed by atoms with Crippen LogP contribution in [-0.4, -0.2) is 45.7 Å². The third kappa shape index (κ3) is 6.47. The van der Waals surface area contributed by atoms with Crippen molar-refractivity contribution in [3.05, 3.63) is 58.7 Å². The maximum Gasteiger partial charge on any atom is 0.307 e. The Hall–Kier alpha value is -3.55. The van der Waals surface area contributed by atoms with Gasteiger partial charge in [-0.05, 0) is 54.8 Å². The maximum atomic E-state index is 12.5. The summed E-state index contributed by atoms with van der Waals surface area (Å²) in [6, 6.07) is 9.76. The minimum Gasteiger partial charge on any atom is -0.493 e. The summed E-state index contributed by atoms with van der Waals surface area (Å²) in [4.78, 5) is 36.7. The van der Waals surface area contributed by atoms with Crippen LogP contribution in [0.3, 0.4) is 0 Å². The van der Waals surface area contributed by atoms with Gasteiger partial charge in [0.15, 0.2) is 11.5 Å². The van der Waals surface area contributed by atoms with Gasteiger partial charge in [-0.15, -0.1) is 0 Å². The van der Waals surface area contributed by atoms with Gasteiger partial charge in [0.05, 0.1) is 40.3 Å². The Balaban J connectivity index is 2.09. The molecule has 2 aromatic rings. The molecule has 1 atom stereocenters. The van der Waals surface area contributed by atoms with Crippen LogP contribution < -0.4 is 20.1 Å². The van der Waals surface area contributed by atoms with E-state index in [1.54, 1.807) is 30.3 Å². The van der Waals surface area contributed by atoms with Crippen LogP contribution in [0.4, 0.5) is 0 Å². The van der Waals surface area contributed by atoms with Gasteiger partial charge in [-0.1, -0.05) is 12.1 Å². The minimum absolute atomic E-state index is 0.0805. The van der Waals surface area contributed by atoms with Crippen molar-refractivity contribution in [2.24, 2.45) is 0 Å². The molecule has 166 valence electrons. The summed E-state index contributed by atoms with van der Waals surface area (Å²) in [6.07, 6.45) is -0.0805. The molecule has 8 heteroatoms. The van der Waals surface area contributed by atoms with E-state index in [0.29, 0.717) is 22.6 Å². The molecule has 0 radical (unpaired) electrons. The second-order valence-electron chi connectivity index (χ2n) is 7.00. The fourth-order valence-electron chi connectivity index (χ4n) is 2.96. The van der Waals surface area contributed by atoms with Crippen LogP contribution in [0, 0.1) is 13.8 Å². The number of benzene rings is 2. The van der Waals surface area contributed by atoms with Gasteiger partial charge < -0.3 is 24.8 Å². The van der Waals surface area contributed by atoms with Crippen molar-refractivity contribution in [2.75, 3.05) is 27.9 Å². The highest BCUT2D eigenvalue weighted by Gasteiger charge is 2.21. The minimum atomic E-state index is -0.668. The van der Waals surface area contributed by atoms with Crippen molar-refractivity contribution in [2.45, 2.75) is 26.3 Å². The molecule has 0 aliphatic carbocycles. The molecule has 2 N–H and O–H groups in total. The van der Waals surface area contributed by atoms with Crippen molar-refractivity contribution >= 4 is 17.8 Å². The number of amides is 2. The van der Waals surface area contributed by atoms with Gasteiger partial charge in [0.1, 0.15) is 0 Å². The summed E-state index contributed by atoms with van der Waals surface area (Å²) in [5.74, 6) is -0.295. The Labute approximate surface area is 181 Å². The number of esters is 1. The van der Waals surface area contributed by atoms with Gasteiger partial charge in [0.2, 0.25) is 5.91 Å². The van der Waals surface area contributed by atoms with E-state index in [4.69, 9.17) is 14.2 Å². The van der Waals surface area contributed by atoms with Crippen LogP contribution in [-0.2, 0) is 14.3 Å². The average molecular weight is 428 g/mol. The molecule has 8 nitrogen and oxygen atoms in total. The van der Waals surface area contributed by atoms with Gasteiger partial charge in [-0.3, -0.25) is 14.4 Å². The van der Waals surface area contributed by atoms with E-state index in [0.717, 1.165) is 11.1 Å². The lowest BCUT2D eigenvalue weighted by atomic mass is 10.0. The highest BCUT2D eigenvalue weighted by atomic mass is 16.5. The van der Waals surface area contributed by atoms with E-state index in [9.17, 15) is 14.4 Å². The zero-order valence-corrected chi connectivity index (χ0v) is 18.4. The molecule has 0 aliphatic rings. The maximum absolute atomic E-state index is 12.5. The first-order valence-corrected chi connectivity index (χ1v) is 9.72. The second kappa shape index (κ2) is 11.0. The number of methoxy groups -OCH3 is 3. The first kappa shape index (κ1) is 23.7. The molecule has 0 saturated heterocycles. The van der Waals surface area contributed by atoms with E-state index in [1.807, 2.05) is 19.9 Å². The molecular formula is C23H28N2O6. The van der Waals surface area contributed by atoms with Crippen LogP contribution in [0.15, 0.2) is 36.4 Å². The molecule has 0 aliphatic heterocycles.